The van der Waals surface area contributed by atoms with Crippen LogP contribution in [0.5, 0.6) is 0 Å². The monoisotopic (exact) mass is 214 g/mol. The molecule has 0 bridgehead atoms. The summed E-state index contributed by atoms with van der Waals surface area (Å²) in [5, 5.41) is 9.43. The first-order valence-electron chi connectivity index (χ1n) is 4.76. The zero-order valence-electron chi connectivity index (χ0n) is 8.46. The summed E-state index contributed by atoms with van der Waals surface area (Å²) in [5.74, 6) is 0.629. The summed E-state index contributed by atoms with van der Waals surface area (Å²) < 4.78 is 13.4. The van der Waals surface area contributed by atoms with Crippen molar-refractivity contribution >= 4 is 11.8 Å². The molecule has 1 atom stereocenters. The summed E-state index contributed by atoms with van der Waals surface area (Å²) >= 11 is 1.59. The van der Waals surface area contributed by atoms with Crippen LogP contribution in [0.1, 0.15) is 31.9 Å². The van der Waals surface area contributed by atoms with Gasteiger partial charge in [0.05, 0.1) is 6.10 Å². The molecule has 1 aromatic carbocycles. The van der Waals surface area contributed by atoms with E-state index < -0.39 is 6.10 Å². The first-order valence-corrected chi connectivity index (χ1v) is 5.74. The molecule has 1 aromatic rings. The van der Waals surface area contributed by atoms with Crippen LogP contribution in [0.25, 0.3) is 0 Å². The van der Waals surface area contributed by atoms with E-state index >= 15 is 0 Å². The van der Waals surface area contributed by atoms with Gasteiger partial charge in [-0.3, -0.25) is 0 Å². The molecule has 78 valence electrons. The van der Waals surface area contributed by atoms with Gasteiger partial charge in [0.15, 0.2) is 0 Å². The Morgan fingerprint density at radius 3 is 2.79 bits per heavy atom. The van der Waals surface area contributed by atoms with Crippen LogP contribution in [0.15, 0.2) is 23.1 Å². The Balaban J connectivity index is 2.96. The average molecular weight is 214 g/mol. The lowest BCUT2D eigenvalue weighted by Crippen LogP contribution is -1.98. The molecule has 3 heteroatoms. The molecule has 0 aromatic heterocycles. The van der Waals surface area contributed by atoms with Gasteiger partial charge in [0, 0.05) is 10.5 Å². The molecule has 0 aliphatic rings. The van der Waals surface area contributed by atoms with Crippen molar-refractivity contribution in [3.05, 3.63) is 29.6 Å². The van der Waals surface area contributed by atoms with Crippen LogP contribution in [0.2, 0.25) is 0 Å². The number of thioether (sulfide) groups is 1. The van der Waals surface area contributed by atoms with E-state index in [-0.39, 0.29) is 5.82 Å². The molecule has 1 nitrogen and oxygen atoms in total. The fourth-order valence-corrected chi connectivity index (χ4v) is 2.28. The van der Waals surface area contributed by atoms with Crippen molar-refractivity contribution in [1.82, 2.24) is 0 Å². The van der Waals surface area contributed by atoms with Gasteiger partial charge in [-0.25, -0.2) is 4.39 Å². The van der Waals surface area contributed by atoms with Crippen molar-refractivity contribution in [3.63, 3.8) is 0 Å². The largest absolute Gasteiger partial charge is 0.389 e. The molecule has 0 unspecified atom stereocenters. The number of aliphatic hydroxyl groups is 1. The third kappa shape index (κ3) is 2.72. The van der Waals surface area contributed by atoms with E-state index in [2.05, 4.69) is 6.92 Å². The molecule has 0 fully saturated rings. The van der Waals surface area contributed by atoms with E-state index in [9.17, 15) is 9.50 Å². The standard InChI is InChI=1S/C11H15FOS/c1-3-7-14-10-6-4-5-9(12)11(10)8(2)13/h4-6,8,13H,3,7H2,1-2H3/t8-/m1/s1. The molecule has 0 saturated heterocycles. The van der Waals surface area contributed by atoms with Crippen LogP contribution in [0.3, 0.4) is 0 Å². The lowest BCUT2D eigenvalue weighted by atomic mass is 10.1. The summed E-state index contributed by atoms with van der Waals surface area (Å²) in [6.07, 6.45) is 0.302. The highest BCUT2D eigenvalue weighted by molar-refractivity contribution is 7.99. The summed E-state index contributed by atoms with van der Waals surface area (Å²) in [6.45, 7) is 3.67. The van der Waals surface area contributed by atoms with Gasteiger partial charge in [-0.05, 0) is 31.2 Å². The molecule has 0 amide bonds. The minimum Gasteiger partial charge on any atom is -0.389 e. The van der Waals surface area contributed by atoms with Crippen molar-refractivity contribution in [2.45, 2.75) is 31.3 Å². The normalized spacial score (nSPS) is 12.9. The number of rotatable bonds is 4. The first-order chi connectivity index (χ1) is 6.66. The molecular formula is C11H15FOS. The Kier molecular flexibility index (Phi) is 4.42. The summed E-state index contributed by atoms with van der Waals surface area (Å²) in [4.78, 5) is 0.849. The first kappa shape index (κ1) is 11.5. The van der Waals surface area contributed by atoms with Gasteiger partial charge in [-0.1, -0.05) is 13.0 Å². The highest BCUT2D eigenvalue weighted by Gasteiger charge is 2.12. The van der Waals surface area contributed by atoms with Crippen molar-refractivity contribution in [2.24, 2.45) is 0 Å². The quantitative estimate of drug-likeness (QED) is 0.775. The molecule has 0 spiro atoms. The molecule has 14 heavy (non-hydrogen) atoms. The van der Waals surface area contributed by atoms with Crippen molar-refractivity contribution in [3.8, 4) is 0 Å². The average Bonchev–Trinajstić information content (AvgIpc) is 2.14. The topological polar surface area (TPSA) is 20.2 Å². The van der Waals surface area contributed by atoms with Gasteiger partial charge >= 0.3 is 0 Å². The summed E-state index contributed by atoms with van der Waals surface area (Å²) in [5.41, 5.74) is 0.422. The van der Waals surface area contributed by atoms with Gasteiger partial charge in [0.25, 0.3) is 0 Å². The van der Waals surface area contributed by atoms with Crippen LogP contribution in [0.4, 0.5) is 4.39 Å². The molecule has 1 rings (SSSR count). The van der Waals surface area contributed by atoms with Crippen LogP contribution in [0, 0.1) is 5.82 Å². The molecule has 0 aliphatic heterocycles. The van der Waals surface area contributed by atoms with Crippen molar-refractivity contribution < 1.29 is 9.50 Å². The molecule has 1 N–H and O–H groups in total. The number of benzene rings is 1. The number of hydrogen-bond donors (Lipinski definition) is 1. The maximum atomic E-state index is 13.4. The lowest BCUT2D eigenvalue weighted by Gasteiger charge is -2.11. The Bertz CT molecular complexity index is 299. The van der Waals surface area contributed by atoms with Gasteiger partial charge in [-0.15, -0.1) is 11.8 Å². The predicted octanol–water partition coefficient (Wildman–Crippen LogP) is 3.38. The van der Waals surface area contributed by atoms with E-state index in [4.69, 9.17) is 0 Å². The maximum absolute atomic E-state index is 13.4. The fourth-order valence-electron chi connectivity index (χ4n) is 1.26. The van der Waals surface area contributed by atoms with Crippen molar-refractivity contribution in [1.29, 1.82) is 0 Å². The lowest BCUT2D eigenvalue weighted by molar-refractivity contribution is 0.191. The second-order valence-corrected chi connectivity index (χ2v) is 4.31. The summed E-state index contributed by atoms with van der Waals surface area (Å²) in [6, 6.07) is 4.92. The third-order valence-corrected chi connectivity index (χ3v) is 3.17. The number of aliphatic hydroxyl groups excluding tert-OH is 1. The van der Waals surface area contributed by atoms with E-state index in [0.29, 0.717) is 5.56 Å². The second kappa shape index (κ2) is 5.37. The van der Waals surface area contributed by atoms with Crippen LogP contribution < -0.4 is 0 Å². The third-order valence-electron chi connectivity index (χ3n) is 1.89. The minimum atomic E-state index is -0.740. The predicted molar refractivity (Wildman–Crippen MR) is 58.0 cm³/mol. The molecule has 0 aliphatic carbocycles. The number of halogens is 1. The van der Waals surface area contributed by atoms with E-state index in [1.54, 1.807) is 24.8 Å². The van der Waals surface area contributed by atoms with Gasteiger partial charge < -0.3 is 5.11 Å². The SMILES string of the molecule is CCCSc1cccc(F)c1[C@@H](C)O. The highest BCUT2D eigenvalue weighted by atomic mass is 32.2. The smallest absolute Gasteiger partial charge is 0.130 e. The van der Waals surface area contributed by atoms with Crippen LogP contribution >= 0.6 is 11.8 Å². The van der Waals surface area contributed by atoms with Crippen molar-refractivity contribution in [2.75, 3.05) is 5.75 Å². The Morgan fingerprint density at radius 1 is 1.50 bits per heavy atom. The molecule has 0 radical (unpaired) electrons. The number of hydrogen-bond acceptors (Lipinski definition) is 2. The Morgan fingerprint density at radius 2 is 2.21 bits per heavy atom. The van der Waals surface area contributed by atoms with Gasteiger partial charge in [0.1, 0.15) is 5.82 Å². The van der Waals surface area contributed by atoms with E-state index in [1.165, 1.54) is 6.07 Å². The highest BCUT2D eigenvalue weighted by Crippen LogP contribution is 2.29. The van der Waals surface area contributed by atoms with Crippen LogP contribution in [-0.4, -0.2) is 10.9 Å². The van der Waals surface area contributed by atoms with Crippen LogP contribution in [-0.2, 0) is 0 Å². The van der Waals surface area contributed by atoms with Gasteiger partial charge in [-0.2, -0.15) is 0 Å². The summed E-state index contributed by atoms with van der Waals surface area (Å²) in [7, 11) is 0. The van der Waals surface area contributed by atoms with E-state index in [0.717, 1.165) is 17.1 Å². The Hall–Kier alpha value is -0.540. The van der Waals surface area contributed by atoms with E-state index in [1.807, 2.05) is 6.07 Å². The second-order valence-electron chi connectivity index (χ2n) is 3.18. The zero-order chi connectivity index (χ0) is 10.6. The Labute approximate surface area is 88.3 Å². The minimum absolute atomic E-state index is 0.318. The molecule has 0 saturated carbocycles. The molecule has 0 heterocycles. The fraction of sp³-hybridized carbons (Fsp3) is 0.455. The van der Waals surface area contributed by atoms with Gasteiger partial charge in [0.2, 0.25) is 0 Å². The molecular weight excluding hydrogens is 199 g/mol. The zero-order valence-corrected chi connectivity index (χ0v) is 9.27. The maximum Gasteiger partial charge on any atom is 0.130 e.